The monoisotopic (exact) mass is 454 g/mol. The fourth-order valence-corrected chi connectivity index (χ4v) is 4.53. The zero-order valence-corrected chi connectivity index (χ0v) is 18.3. The van der Waals surface area contributed by atoms with Crippen molar-refractivity contribution in [2.24, 2.45) is 0 Å². The van der Waals surface area contributed by atoms with E-state index in [0.29, 0.717) is 32.7 Å². The molecule has 1 aromatic heterocycles. The Balaban J connectivity index is 1.48. The molecule has 0 aliphatic carbocycles. The summed E-state index contributed by atoms with van der Waals surface area (Å²) in [6.45, 7) is 2.83. The minimum absolute atomic E-state index is 0.00586. The summed E-state index contributed by atoms with van der Waals surface area (Å²) in [6, 6.07) is 13.3. The Morgan fingerprint density at radius 2 is 1.81 bits per heavy atom. The van der Waals surface area contributed by atoms with Gasteiger partial charge in [-0.3, -0.25) is 24.8 Å². The van der Waals surface area contributed by atoms with Gasteiger partial charge in [-0.25, -0.2) is 8.42 Å². The highest BCUT2D eigenvalue weighted by Gasteiger charge is 2.25. The van der Waals surface area contributed by atoms with Gasteiger partial charge in [0.25, 0.3) is 11.6 Å². The molecule has 0 saturated carbocycles. The average Bonchev–Trinajstić information content (AvgIpc) is 2.78. The maximum Gasteiger partial charge on any atom is 0.271 e. The molecular formula is C22H22N4O5S. The topological polar surface area (TPSA) is 114 Å². The van der Waals surface area contributed by atoms with Gasteiger partial charge in [-0.2, -0.15) is 0 Å². The molecule has 32 heavy (non-hydrogen) atoms. The number of nitro groups is 1. The Labute approximate surface area is 185 Å². The Kier molecular flexibility index (Phi) is 5.90. The molecule has 0 N–H and O–H groups in total. The fourth-order valence-electron chi connectivity index (χ4n) is 3.85. The van der Waals surface area contributed by atoms with E-state index in [1.54, 1.807) is 11.1 Å². The molecule has 0 bridgehead atoms. The van der Waals surface area contributed by atoms with Crippen LogP contribution >= 0.6 is 0 Å². The van der Waals surface area contributed by atoms with Gasteiger partial charge in [0.1, 0.15) is 0 Å². The molecule has 1 aliphatic rings. The molecule has 0 unspecified atom stereocenters. The van der Waals surface area contributed by atoms with Crippen LogP contribution in [0, 0.1) is 10.1 Å². The van der Waals surface area contributed by atoms with Gasteiger partial charge in [0.05, 0.1) is 15.3 Å². The van der Waals surface area contributed by atoms with Crippen molar-refractivity contribution in [1.82, 2.24) is 14.8 Å². The van der Waals surface area contributed by atoms with Gasteiger partial charge in [0.15, 0.2) is 9.84 Å². The van der Waals surface area contributed by atoms with Crippen molar-refractivity contribution in [1.29, 1.82) is 0 Å². The molecule has 1 amide bonds. The highest BCUT2D eigenvalue weighted by molar-refractivity contribution is 7.90. The first-order chi connectivity index (χ1) is 15.2. The molecule has 4 rings (SSSR count). The normalized spacial score (nSPS) is 15.1. The maximum absolute atomic E-state index is 13.0. The summed E-state index contributed by atoms with van der Waals surface area (Å²) in [5.74, 6) is -0.412. The van der Waals surface area contributed by atoms with Crippen LogP contribution in [0.4, 0.5) is 5.69 Å². The maximum atomic E-state index is 13.0. The number of piperazine rings is 1. The molecule has 10 heteroatoms. The molecule has 0 spiro atoms. The number of carbonyl (C=O) groups is 1. The number of para-hydroxylation sites is 1. The van der Waals surface area contributed by atoms with Crippen molar-refractivity contribution in [3.8, 4) is 0 Å². The molecule has 166 valence electrons. The van der Waals surface area contributed by atoms with E-state index in [1.807, 2.05) is 30.3 Å². The molecule has 0 radical (unpaired) electrons. The molecule has 2 aromatic carbocycles. The SMILES string of the molecule is CS(=O)(=O)c1cc(C(=O)N2CCN(Cc3cccc4cccnc34)CC2)cc([N+](=O)[O-])c1. The van der Waals surface area contributed by atoms with Crippen molar-refractivity contribution < 1.29 is 18.1 Å². The van der Waals surface area contributed by atoms with E-state index in [0.717, 1.165) is 34.9 Å². The first-order valence-corrected chi connectivity index (χ1v) is 12.0. The highest BCUT2D eigenvalue weighted by Crippen LogP contribution is 2.23. The number of fused-ring (bicyclic) bond motifs is 1. The number of hydrogen-bond acceptors (Lipinski definition) is 7. The summed E-state index contributed by atoms with van der Waals surface area (Å²) in [4.78, 5) is 31.6. The third-order valence-corrected chi connectivity index (χ3v) is 6.64. The lowest BCUT2D eigenvalue weighted by Crippen LogP contribution is -2.48. The first kappa shape index (κ1) is 21.8. The van der Waals surface area contributed by atoms with Gasteiger partial charge >= 0.3 is 0 Å². The molecule has 1 fully saturated rings. The number of pyridine rings is 1. The largest absolute Gasteiger partial charge is 0.336 e. The Morgan fingerprint density at radius 3 is 2.50 bits per heavy atom. The number of non-ortho nitro benzene ring substituents is 1. The zero-order valence-electron chi connectivity index (χ0n) is 17.5. The predicted octanol–water partition coefficient (Wildman–Crippen LogP) is 2.50. The van der Waals surface area contributed by atoms with Crippen LogP contribution in [-0.2, 0) is 16.4 Å². The summed E-state index contributed by atoms with van der Waals surface area (Å²) in [7, 11) is -3.70. The number of benzene rings is 2. The van der Waals surface area contributed by atoms with Crippen molar-refractivity contribution >= 4 is 32.3 Å². The van der Waals surface area contributed by atoms with Crippen LogP contribution in [0.5, 0.6) is 0 Å². The second kappa shape index (κ2) is 8.64. The van der Waals surface area contributed by atoms with E-state index in [4.69, 9.17) is 0 Å². The van der Waals surface area contributed by atoms with Crippen LogP contribution in [0.15, 0.2) is 59.6 Å². The van der Waals surface area contributed by atoms with Gasteiger partial charge in [-0.05, 0) is 17.7 Å². The van der Waals surface area contributed by atoms with Crippen LogP contribution in [0.3, 0.4) is 0 Å². The molecule has 3 aromatic rings. The van der Waals surface area contributed by atoms with Crippen LogP contribution < -0.4 is 0 Å². The number of nitrogens with zero attached hydrogens (tertiary/aromatic N) is 4. The van der Waals surface area contributed by atoms with E-state index in [9.17, 15) is 23.3 Å². The van der Waals surface area contributed by atoms with Gasteiger partial charge in [-0.15, -0.1) is 0 Å². The summed E-state index contributed by atoms with van der Waals surface area (Å²) in [5.41, 5.74) is 1.66. The van der Waals surface area contributed by atoms with E-state index in [2.05, 4.69) is 9.88 Å². The molecule has 1 aliphatic heterocycles. The second-order valence-corrected chi connectivity index (χ2v) is 9.82. The summed E-state index contributed by atoms with van der Waals surface area (Å²) < 4.78 is 23.8. The third-order valence-electron chi connectivity index (χ3n) is 5.55. The lowest BCUT2D eigenvalue weighted by atomic mass is 10.1. The van der Waals surface area contributed by atoms with Crippen molar-refractivity contribution in [2.75, 3.05) is 32.4 Å². The van der Waals surface area contributed by atoms with Gasteiger partial charge in [0.2, 0.25) is 0 Å². The molecular weight excluding hydrogens is 432 g/mol. The highest BCUT2D eigenvalue weighted by atomic mass is 32.2. The molecule has 1 saturated heterocycles. The summed E-state index contributed by atoms with van der Waals surface area (Å²) in [6.07, 6.45) is 2.73. The molecule has 2 heterocycles. The van der Waals surface area contributed by atoms with E-state index >= 15 is 0 Å². The standard InChI is InChI=1S/C22H22N4O5S/c1-32(30,31)20-13-18(12-19(14-20)26(28)29)22(27)25-10-8-24(9-11-25)15-17-5-2-4-16-6-3-7-23-21(16)17/h2-7,12-14H,8-11,15H2,1H3. The first-order valence-electron chi connectivity index (χ1n) is 10.1. The Morgan fingerprint density at radius 1 is 1.09 bits per heavy atom. The summed E-state index contributed by atoms with van der Waals surface area (Å²) in [5, 5.41) is 12.3. The van der Waals surface area contributed by atoms with E-state index in [1.165, 1.54) is 6.07 Å². The molecule has 9 nitrogen and oxygen atoms in total. The average molecular weight is 455 g/mol. The lowest BCUT2D eigenvalue weighted by Gasteiger charge is -2.35. The number of nitro benzene ring substituents is 1. The summed E-state index contributed by atoms with van der Waals surface area (Å²) >= 11 is 0. The Hall–Kier alpha value is -3.37. The minimum Gasteiger partial charge on any atom is -0.336 e. The number of aromatic nitrogens is 1. The van der Waals surface area contributed by atoms with Crippen molar-refractivity contribution in [3.05, 3.63) is 76.0 Å². The van der Waals surface area contributed by atoms with E-state index in [-0.39, 0.29) is 10.5 Å². The van der Waals surface area contributed by atoms with E-state index < -0.39 is 26.4 Å². The van der Waals surface area contributed by atoms with Crippen LogP contribution in [0.25, 0.3) is 10.9 Å². The number of amides is 1. The minimum atomic E-state index is -3.70. The molecule has 0 atom stereocenters. The number of sulfone groups is 1. The van der Waals surface area contributed by atoms with Gasteiger partial charge in [0, 0.05) is 68.3 Å². The number of rotatable bonds is 5. The van der Waals surface area contributed by atoms with Gasteiger partial charge in [-0.1, -0.05) is 24.3 Å². The van der Waals surface area contributed by atoms with Crippen molar-refractivity contribution in [3.63, 3.8) is 0 Å². The zero-order chi connectivity index (χ0) is 22.9. The van der Waals surface area contributed by atoms with Crippen LogP contribution in [-0.4, -0.2) is 66.5 Å². The lowest BCUT2D eigenvalue weighted by molar-refractivity contribution is -0.385. The predicted molar refractivity (Wildman–Crippen MR) is 119 cm³/mol. The smallest absolute Gasteiger partial charge is 0.271 e. The number of hydrogen-bond donors (Lipinski definition) is 0. The van der Waals surface area contributed by atoms with Gasteiger partial charge < -0.3 is 4.90 Å². The second-order valence-electron chi connectivity index (χ2n) is 7.81. The van der Waals surface area contributed by atoms with Crippen LogP contribution in [0.2, 0.25) is 0 Å². The Bertz CT molecular complexity index is 1300. The fraction of sp³-hybridized carbons (Fsp3) is 0.273. The van der Waals surface area contributed by atoms with Crippen LogP contribution in [0.1, 0.15) is 15.9 Å². The number of carbonyl (C=O) groups excluding carboxylic acids is 1. The van der Waals surface area contributed by atoms with Crippen molar-refractivity contribution in [2.45, 2.75) is 11.4 Å². The third kappa shape index (κ3) is 4.61. The quantitative estimate of drug-likeness (QED) is 0.430.